The second-order valence-corrected chi connectivity index (χ2v) is 5.63. The van der Waals surface area contributed by atoms with Crippen LogP contribution in [-0.2, 0) is 9.59 Å². The fourth-order valence-corrected chi connectivity index (χ4v) is 1.41. The highest BCUT2D eigenvalue weighted by atomic mass is 16.4. The lowest BCUT2D eigenvalue weighted by molar-refractivity contribution is -0.139. The minimum absolute atomic E-state index is 0.0628. The zero-order chi connectivity index (χ0) is 24.8. The molecule has 0 fully saturated rings. The smallest absolute Gasteiger partial charge is 0.336 e. The molecule has 0 aliphatic rings. The van der Waals surface area contributed by atoms with Crippen molar-refractivity contribution in [2.75, 3.05) is 19.8 Å². The predicted octanol–water partition coefficient (Wildman–Crippen LogP) is 0.130. The summed E-state index contributed by atoms with van der Waals surface area (Å²) in [4.78, 5) is 40.7. The van der Waals surface area contributed by atoms with Crippen molar-refractivity contribution in [2.45, 2.75) is 38.7 Å². The zero-order valence-corrected chi connectivity index (χ0v) is 17.0. The Kier molecular flexibility index (Phi) is 22.8. The fourth-order valence-electron chi connectivity index (χ4n) is 1.41. The number of carbonyl (C=O) groups is 4. The van der Waals surface area contributed by atoms with E-state index < -0.39 is 30.0 Å². The van der Waals surface area contributed by atoms with E-state index in [0.29, 0.717) is 12.8 Å². The van der Waals surface area contributed by atoms with Gasteiger partial charge in [-0.3, -0.25) is 9.59 Å². The number of benzene rings is 1. The molecule has 0 radical (unpaired) electrons. The van der Waals surface area contributed by atoms with Crippen LogP contribution in [0.15, 0.2) is 24.3 Å². The Hall–Kier alpha value is -3.06. The quantitative estimate of drug-likeness (QED) is 0.235. The van der Waals surface area contributed by atoms with E-state index in [1.807, 2.05) is 0 Å². The van der Waals surface area contributed by atoms with Crippen molar-refractivity contribution in [3.63, 3.8) is 0 Å². The molecular formula is C19H30O12. The number of aliphatic hydroxyl groups is 4. The molecule has 1 rings (SSSR count). The van der Waals surface area contributed by atoms with Gasteiger partial charge in [-0.1, -0.05) is 12.1 Å². The molecule has 12 nitrogen and oxygen atoms in total. The van der Waals surface area contributed by atoms with Crippen LogP contribution in [0.5, 0.6) is 0 Å². The minimum Gasteiger partial charge on any atom is -0.481 e. The summed E-state index contributed by atoms with van der Waals surface area (Å²) in [7, 11) is 0. The van der Waals surface area contributed by atoms with Gasteiger partial charge < -0.3 is 40.9 Å². The summed E-state index contributed by atoms with van der Waals surface area (Å²) >= 11 is 0. The lowest BCUT2D eigenvalue weighted by Gasteiger charge is -1.98. The lowest BCUT2D eigenvalue weighted by Crippen LogP contribution is -2.06. The molecule has 0 heterocycles. The Morgan fingerprint density at radius 2 is 1.03 bits per heavy atom. The van der Waals surface area contributed by atoms with Crippen molar-refractivity contribution in [3.05, 3.63) is 35.4 Å². The fraction of sp³-hybridized carbons (Fsp3) is 0.474. The van der Waals surface area contributed by atoms with E-state index in [0.717, 1.165) is 0 Å². The van der Waals surface area contributed by atoms with Crippen molar-refractivity contribution >= 4 is 23.9 Å². The predicted molar refractivity (Wildman–Crippen MR) is 107 cm³/mol. The first kappa shape index (κ1) is 32.6. The van der Waals surface area contributed by atoms with Gasteiger partial charge in [-0.05, 0) is 31.9 Å². The Balaban J connectivity index is -0.000000371. The van der Waals surface area contributed by atoms with Gasteiger partial charge in [0.2, 0.25) is 0 Å². The van der Waals surface area contributed by atoms with Gasteiger partial charge in [0.05, 0.1) is 37.1 Å². The molecule has 1 atom stereocenters. The van der Waals surface area contributed by atoms with Gasteiger partial charge in [0, 0.05) is 12.8 Å². The van der Waals surface area contributed by atoms with Gasteiger partial charge in [-0.25, -0.2) is 9.59 Å². The molecule has 0 bridgehead atoms. The van der Waals surface area contributed by atoms with Crippen molar-refractivity contribution in [3.8, 4) is 0 Å². The summed E-state index contributed by atoms with van der Waals surface area (Å²) < 4.78 is 0. The van der Waals surface area contributed by atoms with Crippen LogP contribution < -0.4 is 0 Å². The normalized spacial score (nSPS) is 9.97. The highest BCUT2D eigenvalue weighted by Gasteiger charge is 2.13. The minimum atomic E-state index is -1.23. The monoisotopic (exact) mass is 450 g/mol. The molecule has 178 valence electrons. The third-order valence-electron chi connectivity index (χ3n) is 2.78. The number of carboxylic acids is 4. The van der Waals surface area contributed by atoms with Crippen LogP contribution in [0.1, 0.15) is 53.3 Å². The van der Waals surface area contributed by atoms with Crippen LogP contribution in [-0.4, -0.2) is 90.7 Å². The van der Waals surface area contributed by atoms with E-state index in [-0.39, 0.29) is 43.8 Å². The molecule has 0 aliphatic carbocycles. The van der Waals surface area contributed by atoms with Crippen molar-refractivity contribution < 1.29 is 60.0 Å². The molecule has 0 saturated heterocycles. The molecule has 8 N–H and O–H groups in total. The summed E-state index contributed by atoms with van der Waals surface area (Å²) in [5.74, 6) is -4.20. The van der Waals surface area contributed by atoms with Gasteiger partial charge in [0.15, 0.2) is 0 Å². The molecule has 1 unspecified atom stereocenters. The Bertz CT molecular complexity index is 592. The Morgan fingerprint density at radius 1 is 0.742 bits per heavy atom. The second-order valence-electron chi connectivity index (χ2n) is 5.63. The van der Waals surface area contributed by atoms with Gasteiger partial charge in [0.25, 0.3) is 0 Å². The summed E-state index contributed by atoms with van der Waals surface area (Å²) in [6.07, 6.45) is 0.457. The van der Waals surface area contributed by atoms with Gasteiger partial charge in [-0.15, -0.1) is 0 Å². The number of aromatic carboxylic acids is 2. The third-order valence-corrected chi connectivity index (χ3v) is 2.78. The van der Waals surface area contributed by atoms with Gasteiger partial charge in [-0.2, -0.15) is 0 Å². The molecule has 0 saturated carbocycles. The molecule has 0 aromatic heterocycles. The average Bonchev–Trinajstić information content (AvgIpc) is 2.72. The van der Waals surface area contributed by atoms with E-state index in [1.165, 1.54) is 31.2 Å². The molecule has 31 heavy (non-hydrogen) atoms. The third kappa shape index (κ3) is 24.9. The standard InChI is InChI=1S/C8H6O4.C6H10O4.C3H8O2.C2H6O2/c9-7(10)5-3-1-2-4-6(5)8(11)12;7-5(8)3-1-2-4-6(9)10;1-3(5)2-4;3-1-2-4/h1-4H,(H,9,10)(H,11,12);1-4H2,(H,7,8)(H,9,10);3-5H,2H2,1H3;3-4H,1-2H2. The largest absolute Gasteiger partial charge is 0.481 e. The Morgan fingerprint density at radius 3 is 1.19 bits per heavy atom. The number of hydrogen-bond acceptors (Lipinski definition) is 8. The maximum atomic E-state index is 10.5. The molecule has 1 aromatic rings. The Labute approximate surface area is 178 Å². The number of carboxylic acid groups (broad SMARTS) is 4. The molecule has 0 aliphatic heterocycles. The molecule has 12 heteroatoms. The summed E-state index contributed by atoms with van der Waals surface area (Å²) in [6.45, 7) is 1.14. The first-order valence-corrected chi connectivity index (χ1v) is 8.94. The van der Waals surface area contributed by atoms with Crippen LogP contribution in [0, 0.1) is 0 Å². The summed E-state index contributed by atoms with van der Waals surface area (Å²) in [6, 6.07) is 5.48. The maximum Gasteiger partial charge on any atom is 0.336 e. The number of rotatable bonds is 9. The molecule has 1 aromatic carbocycles. The molecular weight excluding hydrogens is 420 g/mol. The SMILES string of the molecule is CC(O)CO.O=C(O)CCCCC(=O)O.O=C(O)c1ccccc1C(=O)O.OCCO. The van der Waals surface area contributed by atoms with Crippen LogP contribution in [0.25, 0.3) is 0 Å². The molecule has 0 spiro atoms. The number of aliphatic hydroxyl groups excluding tert-OH is 4. The number of aliphatic carboxylic acids is 2. The van der Waals surface area contributed by atoms with Gasteiger partial charge >= 0.3 is 23.9 Å². The van der Waals surface area contributed by atoms with E-state index in [1.54, 1.807) is 0 Å². The van der Waals surface area contributed by atoms with Crippen molar-refractivity contribution in [2.24, 2.45) is 0 Å². The van der Waals surface area contributed by atoms with Gasteiger partial charge in [0.1, 0.15) is 0 Å². The van der Waals surface area contributed by atoms with Crippen molar-refractivity contribution in [1.29, 1.82) is 0 Å². The van der Waals surface area contributed by atoms with Crippen LogP contribution in [0.2, 0.25) is 0 Å². The van der Waals surface area contributed by atoms with Crippen molar-refractivity contribution in [1.82, 2.24) is 0 Å². The van der Waals surface area contributed by atoms with Crippen LogP contribution in [0.3, 0.4) is 0 Å². The van der Waals surface area contributed by atoms with E-state index in [4.69, 9.17) is 40.9 Å². The average molecular weight is 450 g/mol. The second kappa shape index (κ2) is 21.6. The topological polar surface area (TPSA) is 230 Å². The zero-order valence-electron chi connectivity index (χ0n) is 17.0. The highest BCUT2D eigenvalue weighted by molar-refractivity contribution is 6.01. The highest BCUT2D eigenvalue weighted by Crippen LogP contribution is 2.07. The molecule has 0 amide bonds. The number of hydrogen-bond donors (Lipinski definition) is 8. The summed E-state index contributed by atoms with van der Waals surface area (Å²) in [5.41, 5.74) is -0.380. The van der Waals surface area contributed by atoms with E-state index >= 15 is 0 Å². The van der Waals surface area contributed by atoms with Crippen LogP contribution >= 0.6 is 0 Å². The van der Waals surface area contributed by atoms with E-state index in [9.17, 15) is 19.2 Å². The maximum absolute atomic E-state index is 10.5. The summed E-state index contributed by atoms with van der Waals surface area (Å²) in [5, 5.41) is 64.6. The first-order valence-electron chi connectivity index (χ1n) is 8.94. The lowest BCUT2D eigenvalue weighted by atomic mass is 10.1. The number of unbranched alkanes of at least 4 members (excludes halogenated alkanes) is 1. The van der Waals surface area contributed by atoms with E-state index in [2.05, 4.69) is 0 Å². The van der Waals surface area contributed by atoms with Crippen LogP contribution in [0.4, 0.5) is 0 Å². The first-order chi connectivity index (χ1) is 14.4.